The van der Waals surface area contributed by atoms with Gasteiger partial charge in [0.25, 0.3) is 5.91 Å². The van der Waals surface area contributed by atoms with Crippen molar-refractivity contribution >= 4 is 23.2 Å². The normalized spacial score (nSPS) is 9.95. The molecule has 0 fully saturated rings. The van der Waals surface area contributed by atoms with Gasteiger partial charge < -0.3 is 21.3 Å². The van der Waals surface area contributed by atoms with Gasteiger partial charge in [-0.3, -0.25) is 9.59 Å². The Morgan fingerprint density at radius 2 is 1.85 bits per heavy atom. The van der Waals surface area contributed by atoms with Gasteiger partial charge in [-0.15, -0.1) is 0 Å². The van der Waals surface area contributed by atoms with Gasteiger partial charge in [-0.05, 0) is 32.0 Å². The van der Waals surface area contributed by atoms with E-state index in [0.717, 1.165) is 0 Å². The summed E-state index contributed by atoms with van der Waals surface area (Å²) in [5.41, 5.74) is 7.47. The maximum absolute atomic E-state index is 12.0. The number of benzene rings is 1. The standard InChI is InChI=1S/C14H22N4O2/c1-4-16-13(19)9-18(3)12-8-10(15)6-7-11(12)14(20)17-5-2/h6-8H,4-5,9,15H2,1-3H3,(H,16,19)(H,17,20). The summed E-state index contributed by atoms with van der Waals surface area (Å²) in [7, 11) is 1.76. The van der Waals surface area contributed by atoms with Crippen LogP contribution >= 0.6 is 0 Å². The average Bonchev–Trinajstić information content (AvgIpc) is 2.38. The van der Waals surface area contributed by atoms with Gasteiger partial charge in [-0.2, -0.15) is 0 Å². The van der Waals surface area contributed by atoms with Crippen molar-refractivity contribution in [3.63, 3.8) is 0 Å². The van der Waals surface area contributed by atoms with Crippen molar-refractivity contribution in [1.29, 1.82) is 0 Å². The number of nitrogen functional groups attached to an aromatic ring is 1. The molecule has 0 aliphatic rings. The first-order valence-electron chi connectivity index (χ1n) is 6.65. The first-order valence-corrected chi connectivity index (χ1v) is 6.65. The molecule has 0 aliphatic heterocycles. The van der Waals surface area contributed by atoms with Crippen LogP contribution < -0.4 is 21.3 Å². The Kier molecular flexibility index (Phi) is 5.83. The van der Waals surface area contributed by atoms with Crippen LogP contribution in [0.4, 0.5) is 11.4 Å². The summed E-state index contributed by atoms with van der Waals surface area (Å²) in [6, 6.07) is 5.04. The summed E-state index contributed by atoms with van der Waals surface area (Å²) in [5.74, 6) is -0.274. The van der Waals surface area contributed by atoms with Gasteiger partial charge in [-0.25, -0.2) is 0 Å². The third-order valence-electron chi connectivity index (χ3n) is 2.77. The minimum Gasteiger partial charge on any atom is -0.399 e. The Balaban J connectivity index is 2.99. The molecule has 20 heavy (non-hydrogen) atoms. The van der Waals surface area contributed by atoms with Gasteiger partial charge in [0.2, 0.25) is 5.91 Å². The fourth-order valence-corrected chi connectivity index (χ4v) is 1.87. The largest absolute Gasteiger partial charge is 0.399 e. The van der Waals surface area contributed by atoms with Crippen LogP contribution in [-0.2, 0) is 4.79 Å². The van der Waals surface area contributed by atoms with Crippen molar-refractivity contribution in [2.75, 3.05) is 37.3 Å². The lowest BCUT2D eigenvalue weighted by molar-refractivity contribution is -0.119. The number of nitrogens with two attached hydrogens (primary N) is 1. The van der Waals surface area contributed by atoms with E-state index in [1.807, 2.05) is 13.8 Å². The number of amides is 2. The minimum absolute atomic E-state index is 0.0979. The predicted octanol–water partition coefficient (Wildman–Crippen LogP) is 0.591. The van der Waals surface area contributed by atoms with Crippen LogP contribution in [0.1, 0.15) is 24.2 Å². The van der Waals surface area contributed by atoms with Crippen LogP contribution in [0, 0.1) is 0 Å². The maximum Gasteiger partial charge on any atom is 0.253 e. The number of nitrogens with one attached hydrogen (secondary N) is 2. The number of carbonyl (C=O) groups is 2. The SMILES string of the molecule is CCNC(=O)CN(C)c1cc(N)ccc1C(=O)NCC. The quantitative estimate of drug-likeness (QED) is 0.665. The molecule has 0 heterocycles. The van der Waals surface area contributed by atoms with Crippen molar-refractivity contribution in [3.05, 3.63) is 23.8 Å². The third-order valence-corrected chi connectivity index (χ3v) is 2.77. The van der Waals surface area contributed by atoms with E-state index in [1.54, 1.807) is 30.1 Å². The second-order valence-corrected chi connectivity index (χ2v) is 4.45. The van der Waals surface area contributed by atoms with Crippen molar-refractivity contribution in [2.45, 2.75) is 13.8 Å². The number of hydrogen-bond donors (Lipinski definition) is 3. The first kappa shape index (κ1) is 15.8. The van der Waals surface area contributed by atoms with Crippen LogP contribution in [0.15, 0.2) is 18.2 Å². The topological polar surface area (TPSA) is 87.5 Å². The van der Waals surface area contributed by atoms with Gasteiger partial charge in [0.15, 0.2) is 0 Å². The molecule has 0 radical (unpaired) electrons. The number of rotatable bonds is 6. The monoisotopic (exact) mass is 278 g/mol. The van der Waals surface area contributed by atoms with Crippen molar-refractivity contribution in [1.82, 2.24) is 10.6 Å². The molecule has 110 valence electrons. The number of likely N-dealkylation sites (N-methyl/N-ethyl adjacent to an activating group) is 2. The molecule has 6 heteroatoms. The Hall–Kier alpha value is -2.24. The zero-order valence-electron chi connectivity index (χ0n) is 12.2. The summed E-state index contributed by atoms with van der Waals surface area (Å²) < 4.78 is 0. The van der Waals surface area contributed by atoms with E-state index in [9.17, 15) is 9.59 Å². The second-order valence-electron chi connectivity index (χ2n) is 4.45. The molecular formula is C14H22N4O2. The van der Waals surface area contributed by atoms with Gasteiger partial charge >= 0.3 is 0 Å². The highest BCUT2D eigenvalue weighted by Crippen LogP contribution is 2.22. The van der Waals surface area contributed by atoms with Crippen LogP contribution in [0.25, 0.3) is 0 Å². The van der Waals surface area contributed by atoms with E-state index in [1.165, 1.54) is 0 Å². The van der Waals surface area contributed by atoms with E-state index < -0.39 is 0 Å². The molecule has 0 aromatic heterocycles. The van der Waals surface area contributed by atoms with Crippen LogP contribution in [0.3, 0.4) is 0 Å². The van der Waals surface area contributed by atoms with Crippen molar-refractivity contribution in [3.8, 4) is 0 Å². The van der Waals surface area contributed by atoms with Gasteiger partial charge in [0.05, 0.1) is 17.8 Å². The molecule has 1 aromatic carbocycles. The number of carbonyl (C=O) groups excluding carboxylic acids is 2. The molecule has 4 N–H and O–H groups in total. The molecule has 0 aliphatic carbocycles. The van der Waals surface area contributed by atoms with E-state index in [0.29, 0.717) is 30.0 Å². The number of anilines is 2. The molecule has 0 saturated carbocycles. The molecule has 6 nitrogen and oxygen atoms in total. The summed E-state index contributed by atoms with van der Waals surface area (Å²) in [5, 5.41) is 5.47. The van der Waals surface area contributed by atoms with Crippen molar-refractivity contribution in [2.24, 2.45) is 0 Å². The fourth-order valence-electron chi connectivity index (χ4n) is 1.87. The smallest absolute Gasteiger partial charge is 0.253 e. The molecule has 1 aromatic rings. The highest BCUT2D eigenvalue weighted by molar-refractivity contribution is 6.01. The molecular weight excluding hydrogens is 256 g/mol. The number of nitrogens with zero attached hydrogens (tertiary/aromatic N) is 1. The Morgan fingerprint density at radius 3 is 2.45 bits per heavy atom. The Morgan fingerprint density at radius 1 is 1.20 bits per heavy atom. The average molecular weight is 278 g/mol. The second kappa shape index (κ2) is 7.37. The summed E-state index contributed by atoms with van der Waals surface area (Å²) in [6.07, 6.45) is 0. The molecule has 2 amide bonds. The molecule has 0 saturated heterocycles. The molecule has 0 bridgehead atoms. The lowest BCUT2D eigenvalue weighted by Crippen LogP contribution is -2.36. The van der Waals surface area contributed by atoms with Gasteiger partial charge in [0, 0.05) is 25.8 Å². The highest BCUT2D eigenvalue weighted by Gasteiger charge is 2.16. The van der Waals surface area contributed by atoms with E-state index in [-0.39, 0.29) is 18.4 Å². The summed E-state index contributed by atoms with van der Waals surface area (Å²) in [4.78, 5) is 25.4. The molecule has 0 atom stereocenters. The molecule has 1 rings (SSSR count). The zero-order chi connectivity index (χ0) is 15.1. The Bertz CT molecular complexity index is 488. The minimum atomic E-state index is -0.176. The third kappa shape index (κ3) is 4.15. The molecule has 0 spiro atoms. The zero-order valence-corrected chi connectivity index (χ0v) is 12.2. The summed E-state index contributed by atoms with van der Waals surface area (Å²) >= 11 is 0. The lowest BCUT2D eigenvalue weighted by Gasteiger charge is -2.22. The molecule has 0 unspecified atom stereocenters. The predicted molar refractivity (Wildman–Crippen MR) is 80.8 cm³/mol. The van der Waals surface area contributed by atoms with E-state index >= 15 is 0 Å². The number of hydrogen-bond acceptors (Lipinski definition) is 4. The van der Waals surface area contributed by atoms with Crippen LogP contribution in [-0.4, -0.2) is 38.5 Å². The summed E-state index contributed by atoms with van der Waals surface area (Å²) in [6.45, 7) is 5.00. The highest BCUT2D eigenvalue weighted by atomic mass is 16.2. The first-order chi connectivity index (χ1) is 9.49. The van der Waals surface area contributed by atoms with E-state index in [4.69, 9.17) is 5.73 Å². The van der Waals surface area contributed by atoms with E-state index in [2.05, 4.69) is 10.6 Å². The van der Waals surface area contributed by atoms with Crippen molar-refractivity contribution < 1.29 is 9.59 Å². The van der Waals surface area contributed by atoms with Gasteiger partial charge in [-0.1, -0.05) is 0 Å². The Labute approximate surface area is 119 Å². The van der Waals surface area contributed by atoms with Gasteiger partial charge in [0.1, 0.15) is 0 Å². The van der Waals surface area contributed by atoms with Crippen LogP contribution in [0.5, 0.6) is 0 Å². The fraction of sp³-hybridized carbons (Fsp3) is 0.429. The van der Waals surface area contributed by atoms with Crippen LogP contribution in [0.2, 0.25) is 0 Å². The lowest BCUT2D eigenvalue weighted by atomic mass is 10.1. The maximum atomic E-state index is 12.0.